The SMILES string of the molecule is CCOC(=O)COCC1CCCN(C(=O)c2sc(N=C(N)N)nc2C)C1. The van der Waals surface area contributed by atoms with E-state index < -0.39 is 0 Å². The molecule has 2 heterocycles. The Balaban J connectivity index is 1.92. The number of hydrogen-bond donors (Lipinski definition) is 2. The number of rotatable bonds is 7. The van der Waals surface area contributed by atoms with Gasteiger partial charge in [0.1, 0.15) is 11.5 Å². The Morgan fingerprint density at radius 3 is 2.88 bits per heavy atom. The molecule has 10 heteroatoms. The highest BCUT2D eigenvalue weighted by Gasteiger charge is 2.27. The normalized spacial score (nSPS) is 17.0. The van der Waals surface area contributed by atoms with E-state index in [1.165, 1.54) is 11.3 Å². The number of piperidine rings is 1. The minimum Gasteiger partial charge on any atom is -0.464 e. The second kappa shape index (κ2) is 9.48. The molecule has 1 aromatic rings. The summed E-state index contributed by atoms with van der Waals surface area (Å²) in [4.78, 5) is 34.6. The monoisotopic (exact) mass is 383 g/mol. The van der Waals surface area contributed by atoms with Crippen molar-refractivity contribution in [3.8, 4) is 0 Å². The molecule has 2 rings (SSSR count). The van der Waals surface area contributed by atoms with Gasteiger partial charge in [0.25, 0.3) is 5.91 Å². The number of thiazole rings is 1. The fourth-order valence-electron chi connectivity index (χ4n) is 2.78. The van der Waals surface area contributed by atoms with E-state index in [1.54, 1.807) is 18.7 Å². The van der Waals surface area contributed by atoms with Crippen LogP contribution in [0.25, 0.3) is 0 Å². The summed E-state index contributed by atoms with van der Waals surface area (Å²) in [5.74, 6) is -0.349. The minimum absolute atomic E-state index is 0.0614. The molecule has 9 nitrogen and oxygen atoms in total. The number of ether oxygens (including phenoxy) is 2. The van der Waals surface area contributed by atoms with Gasteiger partial charge in [-0.1, -0.05) is 11.3 Å². The summed E-state index contributed by atoms with van der Waals surface area (Å²) >= 11 is 1.18. The second-order valence-corrected chi connectivity index (χ2v) is 7.00. The molecule has 0 saturated carbocycles. The van der Waals surface area contributed by atoms with Gasteiger partial charge in [-0.05, 0) is 32.6 Å². The van der Waals surface area contributed by atoms with E-state index in [2.05, 4.69) is 9.98 Å². The number of esters is 1. The highest BCUT2D eigenvalue weighted by molar-refractivity contribution is 7.17. The van der Waals surface area contributed by atoms with Crippen molar-refractivity contribution >= 4 is 34.3 Å². The van der Waals surface area contributed by atoms with E-state index in [0.717, 1.165) is 12.8 Å². The number of amides is 1. The molecule has 26 heavy (non-hydrogen) atoms. The third-order valence-corrected chi connectivity index (χ3v) is 4.93. The molecule has 1 aliphatic rings. The number of carbonyl (C=O) groups is 2. The lowest BCUT2D eigenvalue weighted by atomic mass is 9.99. The second-order valence-electron chi connectivity index (χ2n) is 6.03. The number of aliphatic imine (C=N–C) groups is 1. The first-order chi connectivity index (χ1) is 12.4. The third kappa shape index (κ3) is 5.67. The summed E-state index contributed by atoms with van der Waals surface area (Å²) < 4.78 is 10.3. The van der Waals surface area contributed by atoms with Crippen molar-refractivity contribution in [3.63, 3.8) is 0 Å². The van der Waals surface area contributed by atoms with Gasteiger partial charge in [-0.2, -0.15) is 4.99 Å². The summed E-state index contributed by atoms with van der Waals surface area (Å²) in [7, 11) is 0. The standard InChI is InChI=1S/C16H25N5O4S/c1-3-25-12(22)9-24-8-11-5-4-6-21(7-11)14(23)13-10(2)19-16(26-13)20-15(17)18/h11H,3-9H2,1-2H3,(H4,17,18,19,20). The van der Waals surface area contributed by atoms with Gasteiger partial charge in [0.05, 0.1) is 18.9 Å². The third-order valence-electron chi connectivity index (χ3n) is 3.89. The van der Waals surface area contributed by atoms with Crippen LogP contribution in [0, 0.1) is 12.8 Å². The molecule has 1 amide bonds. The summed E-state index contributed by atoms with van der Waals surface area (Å²) in [6.45, 7) is 5.47. The average Bonchev–Trinajstić information content (AvgIpc) is 2.94. The molecule has 144 valence electrons. The highest BCUT2D eigenvalue weighted by Crippen LogP contribution is 2.28. The van der Waals surface area contributed by atoms with E-state index >= 15 is 0 Å². The number of likely N-dealkylation sites (tertiary alicyclic amines) is 1. The van der Waals surface area contributed by atoms with Crippen molar-refractivity contribution in [1.29, 1.82) is 0 Å². The maximum atomic E-state index is 12.8. The molecule has 1 unspecified atom stereocenters. The number of nitrogens with zero attached hydrogens (tertiary/aromatic N) is 3. The molecule has 4 N–H and O–H groups in total. The maximum Gasteiger partial charge on any atom is 0.332 e. The summed E-state index contributed by atoms with van der Waals surface area (Å²) in [5.41, 5.74) is 11.3. The van der Waals surface area contributed by atoms with Gasteiger partial charge in [-0.25, -0.2) is 9.78 Å². The van der Waals surface area contributed by atoms with E-state index in [1.807, 2.05) is 0 Å². The summed E-state index contributed by atoms with van der Waals surface area (Å²) in [6.07, 6.45) is 1.84. The average molecular weight is 383 g/mol. The van der Waals surface area contributed by atoms with Gasteiger partial charge >= 0.3 is 5.97 Å². The number of hydrogen-bond acceptors (Lipinski definition) is 7. The topological polar surface area (TPSA) is 133 Å². The lowest BCUT2D eigenvalue weighted by Gasteiger charge is -2.32. The van der Waals surface area contributed by atoms with Gasteiger partial charge in [0, 0.05) is 13.1 Å². The summed E-state index contributed by atoms with van der Waals surface area (Å²) in [5, 5.41) is 0.372. The Bertz CT molecular complexity index is 672. The molecule has 0 spiro atoms. The first-order valence-corrected chi connectivity index (χ1v) is 9.32. The first kappa shape index (κ1) is 20.1. The Morgan fingerprint density at radius 2 is 2.19 bits per heavy atom. The van der Waals surface area contributed by atoms with Crippen molar-refractivity contribution in [2.45, 2.75) is 26.7 Å². The zero-order valence-electron chi connectivity index (χ0n) is 15.1. The minimum atomic E-state index is -0.371. The Labute approximate surface area is 156 Å². The molecule has 1 atom stereocenters. The molecule has 0 aromatic carbocycles. The van der Waals surface area contributed by atoms with Crippen LogP contribution in [-0.2, 0) is 14.3 Å². The fraction of sp³-hybridized carbons (Fsp3) is 0.625. The van der Waals surface area contributed by atoms with Crippen LogP contribution in [0.15, 0.2) is 4.99 Å². The smallest absolute Gasteiger partial charge is 0.332 e. The maximum absolute atomic E-state index is 12.8. The zero-order valence-corrected chi connectivity index (χ0v) is 15.9. The molecule has 0 radical (unpaired) electrons. The van der Waals surface area contributed by atoms with Crippen LogP contribution in [0.2, 0.25) is 0 Å². The molecular formula is C16H25N5O4S. The van der Waals surface area contributed by atoms with E-state index in [4.69, 9.17) is 20.9 Å². The van der Waals surface area contributed by atoms with Crippen LogP contribution in [0.4, 0.5) is 5.13 Å². The number of aryl methyl sites for hydroxylation is 1. The molecule has 1 fully saturated rings. The van der Waals surface area contributed by atoms with E-state index in [9.17, 15) is 9.59 Å². The Hall–Kier alpha value is -2.20. The molecule has 1 aromatic heterocycles. The van der Waals surface area contributed by atoms with Crippen LogP contribution in [0.1, 0.15) is 35.1 Å². The zero-order chi connectivity index (χ0) is 19.1. The number of aromatic nitrogens is 1. The molecule has 0 bridgehead atoms. The lowest BCUT2D eigenvalue weighted by molar-refractivity contribution is -0.149. The molecule has 0 aliphatic carbocycles. The Morgan fingerprint density at radius 1 is 1.42 bits per heavy atom. The predicted molar refractivity (Wildman–Crippen MR) is 98.4 cm³/mol. The van der Waals surface area contributed by atoms with Crippen LogP contribution in [0.5, 0.6) is 0 Å². The molecule has 1 saturated heterocycles. The Kier molecular flexibility index (Phi) is 7.34. The number of nitrogens with two attached hydrogens (primary N) is 2. The van der Waals surface area contributed by atoms with Gasteiger partial charge in [0.15, 0.2) is 5.96 Å². The largest absolute Gasteiger partial charge is 0.464 e. The number of guanidine groups is 1. The van der Waals surface area contributed by atoms with Crippen molar-refractivity contribution in [2.24, 2.45) is 22.4 Å². The summed E-state index contributed by atoms with van der Waals surface area (Å²) in [6, 6.07) is 0. The predicted octanol–water partition coefficient (Wildman–Crippen LogP) is 0.788. The van der Waals surface area contributed by atoms with Gasteiger partial charge in [-0.15, -0.1) is 0 Å². The lowest BCUT2D eigenvalue weighted by Crippen LogP contribution is -2.41. The van der Waals surface area contributed by atoms with Crippen molar-refractivity contribution < 1.29 is 19.1 Å². The molecule has 1 aliphatic heterocycles. The van der Waals surface area contributed by atoms with Gasteiger partial charge < -0.3 is 25.8 Å². The van der Waals surface area contributed by atoms with E-state index in [-0.39, 0.29) is 30.4 Å². The van der Waals surface area contributed by atoms with Gasteiger partial charge in [-0.3, -0.25) is 4.79 Å². The highest BCUT2D eigenvalue weighted by atomic mass is 32.1. The van der Waals surface area contributed by atoms with E-state index in [0.29, 0.717) is 42.0 Å². The van der Waals surface area contributed by atoms with Crippen molar-refractivity contribution in [1.82, 2.24) is 9.88 Å². The quantitative estimate of drug-likeness (QED) is 0.404. The fourth-order valence-corrected chi connectivity index (χ4v) is 3.71. The molecular weight excluding hydrogens is 358 g/mol. The first-order valence-electron chi connectivity index (χ1n) is 8.50. The van der Waals surface area contributed by atoms with Crippen LogP contribution in [0.3, 0.4) is 0 Å². The van der Waals surface area contributed by atoms with Gasteiger partial charge in [0.2, 0.25) is 5.13 Å². The number of carbonyl (C=O) groups excluding carboxylic acids is 2. The van der Waals surface area contributed by atoms with Crippen LogP contribution >= 0.6 is 11.3 Å². The van der Waals surface area contributed by atoms with Crippen LogP contribution < -0.4 is 11.5 Å². The van der Waals surface area contributed by atoms with Crippen LogP contribution in [-0.4, -0.2) is 60.6 Å². The van der Waals surface area contributed by atoms with Crippen molar-refractivity contribution in [2.75, 3.05) is 32.9 Å². The van der Waals surface area contributed by atoms with Crippen molar-refractivity contribution in [3.05, 3.63) is 10.6 Å².